The van der Waals surface area contributed by atoms with E-state index in [4.69, 9.17) is 0 Å². The first-order chi connectivity index (χ1) is 8.06. The maximum absolute atomic E-state index is 4.46. The van der Waals surface area contributed by atoms with Gasteiger partial charge >= 0.3 is 0 Å². The molecule has 1 aromatic carbocycles. The van der Waals surface area contributed by atoms with Gasteiger partial charge in [-0.05, 0) is 45.0 Å². The average molecular weight is 311 g/mol. The molecule has 1 heterocycles. The van der Waals surface area contributed by atoms with Gasteiger partial charge in [0.15, 0.2) is 0 Å². The van der Waals surface area contributed by atoms with E-state index in [2.05, 4.69) is 52.2 Å². The third kappa shape index (κ3) is 3.07. The van der Waals surface area contributed by atoms with E-state index in [9.17, 15) is 0 Å². The van der Waals surface area contributed by atoms with Crippen LogP contribution in [0.4, 0.5) is 5.69 Å². The van der Waals surface area contributed by atoms with Crippen LogP contribution in [0, 0.1) is 13.8 Å². The molecule has 90 valence electrons. The first kappa shape index (κ1) is 12.6. The molecule has 1 atom stereocenters. The highest BCUT2D eigenvalue weighted by Crippen LogP contribution is 2.27. The SMILES string of the molecule is Cc1nc(C)c(C(C)Nc2ccc(Br)cc2)s1. The van der Waals surface area contributed by atoms with Crippen molar-refractivity contribution in [3.05, 3.63) is 44.3 Å². The number of aryl methyl sites for hydroxylation is 2. The van der Waals surface area contributed by atoms with Gasteiger partial charge in [0.05, 0.1) is 16.7 Å². The van der Waals surface area contributed by atoms with Gasteiger partial charge in [-0.1, -0.05) is 15.9 Å². The van der Waals surface area contributed by atoms with Gasteiger partial charge in [0.25, 0.3) is 0 Å². The van der Waals surface area contributed by atoms with Crippen LogP contribution >= 0.6 is 27.3 Å². The molecule has 0 aliphatic rings. The molecule has 1 aromatic heterocycles. The van der Waals surface area contributed by atoms with Gasteiger partial charge in [-0.25, -0.2) is 4.98 Å². The summed E-state index contributed by atoms with van der Waals surface area (Å²) in [5, 5.41) is 4.62. The molecule has 0 bridgehead atoms. The third-order valence-corrected chi connectivity index (χ3v) is 4.34. The van der Waals surface area contributed by atoms with Crippen LogP contribution < -0.4 is 5.32 Å². The van der Waals surface area contributed by atoms with Crippen molar-refractivity contribution in [2.75, 3.05) is 5.32 Å². The molecule has 2 rings (SSSR count). The highest BCUT2D eigenvalue weighted by atomic mass is 79.9. The molecule has 2 aromatic rings. The van der Waals surface area contributed by atoms with Crippen LogP contribution in [0.3, 0.4) is 0 Å². The van der Waals surface area contributed by atoms with Crippen LogP contribution in [-0.2, 0) is 0 Å². The van der Waals surface area contributed by atoms with Crippen LogP contribution in [0.1, 0.15) is 28.5 Å². The predicted octanol–water partition coefficient (Wildman–Crippen LogP) is 4.70. The fourth-order valence-corrected chi connectivity index (χ4v) is 3.00. The Labute approximate surface area is 114 Å². The summed E-state index contributed by atoms with van der Waals surface area (Å²) in [6.07, 6.45) is 0. The molecule has 0 radical (unpaired) electrons. The number of aromatic nitrogens is 1. The number of rotatable bonds is 3. The van der Waals surface area contributed by atoms with Crippen molar-refractivity contribution in [1.29, 1.82) is 0 Å². The number of halogens is 1. The molecule has 0 aliphatic carbocycles. The highest BCUT2D eigenvalue weighted by molar-refractivity contribution is 9.10. The Hall–Kier alpha value is -0.870. The topological polar surface area (TPSA) is 24.9 Å². The van der Waals surface area contributed by atoms with Gasteiger partial charge in [0.1, 0.15) is 0 Å². The summed E-state index contributed by atoms with van der Waals surface area (Å²) in [7, 11) is 0. The van der Waals surface area contributed by atoms with E-state index in [1.807, 2.05) is 19.1 Å². The first-order valence-electron chi connectivity index (χ1n) is 5.52. The lowest BCUT2D eigenvalue weighted by Gasteiger charge is -2.14. The maximum atomic E-state index is 4.46. The Kier molecular flexibility index (Phi) is 3.84. The standard InChI is InChI=1S/C13H15BrN2S/c1-8-13(17-10(3)15-8)9(2)16-12-6-4-11(14)5-7-12/h4-7,9,16H,1-3H3. The lowest BCUT2D eigenvalue weighted by atomic mass is 10.2. The average Bonchev–Trinajstić information content (AvgIpc) is 2.61. The van der Waals surface area contributed by atoms with E-state index >= 15 is 0 Å². The number of anilines is 1. The fourth-order valence-electron chi connectivity index (χ4n) is 1.81. The van der Waals surface area contributed by atoms with Crippen LogP contribution in [0.5, 0.6) is 0 Å². The molecule has 0 saturated heterocycles. The zero-order chi connectivity index (χ0) is 12.4. The summed E-state index contributed by atoms with van der Waals surface area (Å²) in [5.74, 6) is 0. The minimum atomic E-state index is 0.294. The second-order valence-corrected chi connectivity index (χ2v) is 6.21. The van der Waals surface area contributed by atoms with E-state index in [0.717, 1.165) is 20.9 Å². The molecular formula is C13H15BrN2S. The molecule has 0 saturated carbocycles. The fraction of sp³-hybridized carbons (Fsp3) is 0.308. The number of nitrogens with one attached hydrogen (secondary N) is 1. The van der Waals surface area contributed by atoms with Crippen molar-refractivity contribution in [2.24, 2.45) is 0 Å². The highest BCUT2D eigenvalue weighted by Gasteiger charge is 2.12. The largest absolute Gasteiger partial charge is 0.378 e. The van der Waals surface area contributed by atoms with Crippen molar-refractivity contribution in [3.63, 3.8) is 0 Å². The number of thiazole rings is 1. The van der Waals surface area contributed by atoms with E-state index in [1.165, 1.54) is 4.88 Å². The Morgan fingerprint density at radius 3 is 2.41 bits per heavy atom. The van der Waals surface area contributed by atoms with Crippen LogP contribution in [-0.4, -0.2) is 4.98 Å². The smallest absolute Gasteiger partial charge is 0.0900 e. The van der Waals surface area contributed by atoms with Gasteiger partial charge in [0, 0.05) is 15.0 Å². The molecular weight excluding hydrogens is 296 g/mol. The summed E-state index contributed by atoms with van der Waals surface area (Å²) in [6, 6.07) is 8.52. The van der Waals surface area contributed by atoms with Crippen LogP contribution in [0.2, 0.25) is 0 Å². The first-order valence-corrected chi connectivity index (χ1v) is 7.13. The molecule has 4 heteroatoms. The second-order valence-electron chi connectivity index (χ2n) is 4.06. The second kappa shape index (κ2) is 5.19. The van der Waals surface area contributed by atoms with Crippen molar-refractivity contribution >= 4 is 33.0 Å². The van der Waals surface area contributed by atoms with E-state index in [1.54, 1.807) is 11.3 Å². The summed E-state index contributed by atoms with van der Waals surface area (Å²) in [5.41, 5.74) is 2.26. The van der Waals surface area contributed by atoms with E-state index in [0.29, 0.717) is 6.04 Å². The monoisotopic (exact) mass is 310 g/mol. The van der Waals surface area contributed by atoms with Gasteiger partial charge in [-0.2, -0.15) is 0 Å². The Balaban J connectivity index is 2.14. The molecule has 0 spiro atoms. The Morgan fingerprint density at radius 1 is 1.24 bits per heavy atom. The van der Waals surface area contributed by atoms with Gasteiger partial charge in [0.2, 0.25) is 0 Å². The van der Waals surface area contributed by atoms with E-state index < -0.39 is 0 Å². The summed E-state index contributed by atoms with van der Waals surface area (Å²) >= 11 is 5.20. The number of hydrogen-bond acceptors (Lipinski definition) is 3. The van der Waals surface area contributed by atoms with Crippen molar-refractivity contribution < 1.29 is 0 Å². The van der Waals surface area contributed by atoms with Gasteiger partial charge in [-0.15, -0.1) is 11.3 Å². The molecule has 0 fully saturated rings. The maximum Gasteiger partial charge on any atom is 0.0900 e. The molecule has 2 nitrogen and oxygen atoms in total. The quantitative estimate of drug-likeness (QED) is 0.889. The molecule has 0 aliphatic heterocycles. The van der Waals surface area contributed by atoms with Gasteiger partial charge in [-0.3, -0.25) is 0 Å². The minimum absolute atomic E-state index is 0.294. The van der Waals surface area contributed by atoms with Crippen LogP contribution in [0.15, 0.2) is 28.7 Å². The zero-order valence-electron chi connectivity index (χ0n) is 10.1. The zero-order valence-corrected chi connectivity index (χ0v) is 12.5. The molecule has 1 N–H and O–H groups in total. The van der Waals surface area contributed by atoms with Crippen molar-refractivity contribution in [3.8, 4) is 0 Å². The summed E-state index contributed by atoms with van der Waals surface area (Å²) in [4.78, 5) is 5.77. The molecule has 1 unspecified atom stereocenters. The molecule has 0 amide bonds. The predicted molar refractivity (Wildman–Crippen MR) is 77.8 cm³/mol. The van der Waals surface area contributed by atoms with Crippen molar-refractivity contribution in [2.45, 2.75) is 26.8 Å². The van der Waals surface area contributed by atoms with E-state index in [-0.39, 0.29) is 0 Å². The van der Waals surface area contributed by atoms with Gasteiger partial charge < -0.3 is 5.32 Å². The lowest BCUT2D eigenvalue weighted by molar-refractivity contribution is 0.890. The molecule has 17 heavy (non-hydrogen) atoms. The number of benzene rings is 1. The van der Waals surface area contributed by atoms with Crippen molar-refractivity contribution in [1.82, 2.24) is 4.98 Å². The number of hydrogen-bond donors (Lipinski definition) is 1. The lowest BCUT2D eigenvalue weighted by Crippen LogP contribution is -2.05. The Bertz CT molecular complexity index is 505. The Morgan fingerprint density at radius 2 is 1.88 bits per heavy atom. The summed E-state index contributed by atoms with van der Waals surface area (Å²) in [6.45, 7) is 6.29. The third-order valence-electron chi connectivity index (χ3n) is 2.56. The minimum Gasteiger partial charge on any atom is -0.378 e. The van der Waals surface area contributed by atoms with Crippen LogP contribution in [0.25, 0.3) is 0 Å². The summed E-state index contributed by atoms with van der Waals surface area (Å²) < 4.78 is 1.10. The number of nitrogens with zero attached hydrogens (tertiary/aromatic N) is 1. The normalized spacial score (nSPS) is 12.5.